The van der Waals surface area contributed by atoms with Gasteiger partial charge in [0.1, 0.15) is 0 Å². The Morgan fingerprint density at radius 3 is 2.56 bits per heavy atom. The van der Waals surface area contributed by atoms with Crippen LogP contribution in [0.25, 0.3) is 21.1 Å². The lowest BCUT2D eigenvalue weighted by molar-refractivity contribution is 0.946. The van der Waals surface area contributed by atoms with Gasteiger partial charge in [-0.3, -0.25) is 0 Å². The molecule has 5 rings (SSSR count). The van der Waals surface area contributed by atoms with Gasteiger partial charge in [-0.25, -0.2) is 4.98 Å². The molecule has 27 heavy (non-hydrogen) atoms. The third kappa shape index (κ3) is 2.97. The number of nitrogens with zero attached hydrogens (tertiary/aromatic N) is 1. The highest BCUT2D eigenvalue weighted by molar-refractivity contribution is 7.22. The van der Waals surface area contributed by atoms with Crippen LogP contribution in [0.3, 0.4) is 0 Å². The van der Waals surface area contributed by atoms with Crippen molar-refractivity contribution >= 4 is 49.2 Å². The largest absolute Gasteiger partial charge is 0.361 e. The van der Waals surface area contributed by atoms with Gasteiger partial charge >= 0.3 is 0 Å². The van der Waals surface area contributed by atoms with E-state index in [9.17, 15) is 0 Å². The van der Waals surface area contributed by atoms with Gasteiger partial charge in [-0.1, -0.05) is 71.5 Å². The van der Waals surface area contributed by atoms with Gasteiger partial charge in [0.05, 0.1) is 16.3 Å². The normalized spacial score (nSPS) is 12.5. The van der Waals surface area contributed by atoms with Gasteiger partial charge in [0.25, 0.3) is 0 Å². The summed E-state index contributed by atoms with van der Waals surface area (Å²) in [6, 6.07) is 24.3. The number of rotatable bonds is 4. The number of halogens is 1. The summed E-state index contributed by atoms with van der Waals surface area (Å²) < 4.78 is 1.16. The highest BCUT2D eigenvalue weighted by atomic mass is 35.5. The molecule has 1 atom stereocenters. The molecule has 0 aliphatic carbocycles. The fourth-order valence-electron chi connectivity index (χ4n) is 3.42. The lowest BCUT2D eigenvalue weighted by Gasteiger charge is -2.19. The summed E-state index contributed by atoms with van der Waals surface area (Å²) in [4.78, 5) is 8.12. The molecule has 0 amide bonds. The van der Waals surface area contributed by atoms with Gasteiger partial charge in [-0.15, -0.1) is 0 Å². The first kappa shape index (κ1) is 16.4. The average molecular weight is 390 g/mol. The Balaban J connectivity index is 1.65. The van der Waals surface area contributed by atoms with Crippen LogP contribution in [0.15, 0.2) is 79.0 Å². The molecule has 0 saturated carbocycles. The van der Waals surface area contributed by atoms with Crippen LogP contribution in [-0.4, -0.2) is 9.97 Å². The Bertz CT molecular complexity index is 1210. The van der Waals surface area contributed by atoms with Crippen molar-refractivity contribution in [3.05, 3.63) is 95.1 Å². The van der Waals surface area contributed by atoms with Crippen LogP contribution in [0.4, 0.5) is 5.13 Å². The van der Waals surface area contributed by atoms with Gasteiger partial charge in [-0.05, 0) is 29.8 Å². The Hall–Kier alpha value is -2.82. The SMILES string of the molecule is Clc1ccccc1C(Nc1nc2ccccc2s1)c1c[nH]c2ccccc12. The fourth-order valence-corrected chi connectivity index (χ4v) is 4.56. The molecule has 3 aromatic carbocycles. The topological polar surface area (TPSA) is 40.7 Å². The molecule has 2 heterocycles. The zero-order chi connectivity index (χ0) is 18.2. The number of thiazole rings is 1. The minimum absolute atomic E-state index is 0.101. The molecular formula is C22H16ClN3S. The molecule has 0 fully saturated rings. The third-order valence-corrected chi connectivity index (χ3v) is 6.02. The van der Waals surface area contributed by atoms with Crippen molar-refractivity contribution < 1.29 is 0 Å². The van der Waals surface area contributed by atoms with E-state index in [0.717, 1.165) is 37.0 Å². The fraction of sp³-hybridized carbons (Fsp3) is 0.0455. The van der Waals surface area contributed by atoms with Gasteiger partial charge < -0.3 is 10.3 Å². The smallest absolute Gasteiger partial charge is 0.184 e. The van der Waals surface area contributed by atoms with Crippen molar-refractivity contribution in [2.24, 2.45) is 0 Å². The van der Waals surface area contributed by atoms with E-state index in [1.165, 1.54) is 5.39 Å². The quantitative estimate of drug-likeness (QED) is 0.362. The number of para-hydroxylation sites is 2. The van der Waals surface area contributed by atoms with E-state index in [0.29, 0.717) is 0 Å². The zero-order valence-electron chi connectivity index (χ0n) is 14.3. The lowest BCUT2D eigenvalue weighted by Crippen LogP contribution is -2.12. The first-order valence-corrected chi connectivity index (χ1v) is 9.91. The highest BCUT2D eigenvalue weighted by Crippen LogP contribution is 2.37. The second-order valence-electron chi connectivity index (χ2n) is 6.38. The summed E-state index contributed by atoms with van der Waals surface area (Å²) in [6.45, 7) is 0. The number of aromatic amines is 1. The Kier molecular flexibility index (Phi) is 4.07. The number of H-pyrrole nitrogens is 1. The zero-order valence-corrected chi connectivity index (χ0v) is 15.9. The predicted molar refractivity (Wildman–Crippen MR) is 115 cm³/mol. The molecule has 0 aliphatic rings. The monoisotopic (exact) mass is 389 g/mol. The summed E-state index contributed by atoms with van der Waals surface area (Å²) in [7, 11) is 0. The molecule has 1 unspecified atom stereocenters. The second kappa shape index (κ2) is 6.72. The van der Waals surface area contributed by atoms with Crippen molar-refractivity contribution in [3.8, 4) is 0 Å². The molecule has 5 heteroatoms. The molecule has 2 aromatic heterocycles. The van der Waals surface area contributed by atoms with Crippen LogP contribution in [0, 0.1) is 0 Å². The first-order chi connectivity index (χ1) is 13.3. The minimum Gasteiger partial charge on any atom is -0.361 e. The maximum absolute atomic E-state index is 6.56. The lowest BCUT2D eigenvalue weighted by atomic mass is 9.98. The van der Waals surface area contributed by atoms with Crippen molar-refractivity contribution in [2.45, 2.75) is 6.04 Å². The summed E-state index contributed by atoms with van der Waals surface area (Å²) in [5.74, 6) is 0. The number of hydrogen-bond acceptors (Lipinski definition) is 3. The maximum Gasteiger partial charge on any atom is 0.184 e. The molecule has 2 N–H and O–H groups in total. The van der Waals surface area contributed by atoms with E-state index in [1.807, 2.05) is 42.5 Å². The molecular weight excluding hydrogens is 374 g/mol. The van der Waals surface area contributed by atoms with Gasteiger partial charge in [-0.2, -0.15) is 0 Å². The van der Waals surface area contributed by atoms with E-state index < -0.39 is 0 Å². The molecule has 132 valence electrons. The van der Waals surface area contributed by atoms with Crippen LogP contribution in [0.1, 0.15) is 17.2 Å². The van der Waals surface area contributed by atoms with Crippen LogP contribution >= 0.6 is 22.9 Å². The molecule has 0 saturated heterocycles. The maximum atomic E-state index is 6.56. The summed E-state index contributed by atoms with van der Waals surface area (Å²) in [6.07, 6.45) is 2.05. The first-order valence-electron chi connectivity index (χ1n) is 8.72. The molecule has 3 nitrogen and oxygen atoms in total. The average Bonchev–Trinajstić information content (AvgIpc) is 3.30. The van der Waals surface area contributed by atoms with Crippen molar-refractivity contribution in [1.82, 2.24) is 9.97 Å². The van der Waals surface area contributed by atoms with E-state index in [2.05, 4.69) is 46.8 Å². The predicted octanol–water partition coefficient (Wildman–Crippen LogP) is 6.63. The van der Waals surface area contributed by atoms with Crippen molar-refractivity contribution in [2.75, 3.05) is 5.32 Å². The summed E-state index contributed by atoms with van der Waals surface area (Å²) in [5, 5.41) is 6.42. The summed E-state index contributed by atoms with van der Waals surface area (Å²) >= 11 is 8.22. The second-order valence-corrected chi connectivity index (χ2v) is 7.81. The Labute approximate surface area is 165 Å². The van der Waals surface area contributed by atoms with E-state index >= 15 is 0 Å². The van der Waals surface area contributed by atoms with E-state index in [1.54, 1.807) is 11.3 Å². The summed E-state index contributed by atoms with van der Waals surface area (Å²) in [5.41, 5.74) is 4.29. The van der Waals surface area contributed by atoms with Gasteiger partial charge in [0.15, 0.2) is 5.13 Å². The molecule has 0 bridgehead atoms. The van der Waals surface area contributed by atoms with Crippen LogP contribution in [0.2, 0.25) is 5.02 Å². The number of nitrogens with one attached hydrogen (secondary N) is 2. The Morgan fingerprint density at radius 2 is 1.67 bits per heavy atom. The van der Waals surface area contributed by atoms with Crippen LogP contribution < -0.4 is 5.32 Å². The third-order valence-electron chi connectivity index (χ3n) is 4.71. The van der Waals surface area contributed by atoms with Crippen LogP contribution in [0.5, 0.6) is 0 Å². The number of hydrogen-bond donors (Lipinski definition) is 2. The number of anilines is 1. The van der Waals surface area contributed by atoms with E-state index in [-0.39, 0.29) is 6.04 Å². The Morgan fingerprint density at radius 1 is 0.889 bits per heavy atom. The van der Waals surface area contributed by atoms with E-state index in [4.69, 9.17) is 16.6 Å². The molecule has 0 aliphatic heterocycles. The van der Waals surface area contributed by atoms with Crippen molar-refractivity contribution in [1.29, 1.82) is 0 Å². The standard InChI is InChI=1S/C22H16ClN3S/c23-17-9-3-1-8-15(17)21(16-13-24-18-10-4-2-7-14(16)18)26-22-25-19-11-5-6-12-20(19)27-22/h1-13,21,24H,(H,25,26). The van der Waals surface area contributed by atoms with Gasteiger partial charge in [0.2, 0.25) is 0 Å². The molecule has 0 spiro atoms. The number of benzene rings is 3. The number of aromatic nitrogens is 2. The highest BCUT2D eigenvalue weighted by Gasteiger charge is 2.21. The van der Waals surface area contributed by atoms with Crippen LogP contribution in [-0.2, 0) is 0 Å². The molecule has 0 radical (unpaired) electrons. The van der Waals surface area contributed by atoms with Gasteiger partial charge in [0, 0.05) is 27.7 Å². The number of fused-ring (bicyclic) bond motifs is 2. The minimum atomic E-state index is -0.101. The molecule has 5 aromatic rings. The van der Waals surface area contributed by atoms with Crippen molar-refractivity contribution in [3.63, 3.8) is 0 Å².